The zero-order valence-electron chi connectivity index (χ0n) is 14.5. The summed E-state index contributed by atoms with van der Waals surface area (Å²) >= 11 is 0. The molecule has 0 atom stereocenters. The van der Waals surface area contributed by atoms with Gasteiger partial charge in [-0.1, -0.05) is 18.2 Å². The van der Waals surface area contributed by atoms with Crippen LogP contribution in [0, 0.1) is 0 Å². The summed E-state index contributed by atoms with van der Waals surface area (Å²) in [6, 6.07) is 8.69. The number of anilines is 1. The van der Waals surface area contributed by atoms with Gasteiger partial charge in [-0.3, -0.25) is 9.88 Å². The van der Waals surface area contributed by atoms with Crippen molar-refractivity contribution in [1.82, 2.24) is 9.88 Å². The molecule has 0 spiro atoms. The number of hydrogen-bond donors (Lipinski definition) is 1. The van der Waals surface area contributed by atoms with Crippen molar-refractivity contribution in [1.29, 1.82) is 0 Å². The summed E-state index contributed by atoms with van der Waals surface area (Å²) in [5, 5.41) is 5.25. The third kappa shape index (κ3) is 2.25. The van der Waals surface area contributed by atoms with E-state index in [1.54, 1.807) is 0 Å². The van der Waals surface area contributed by atoms with Gasteiger partial charge in [-0.25, -0.2) is 0 Å². The highest BCUT2D eigenvalue weighted by Crippen LogP contribution is 2.40. The Morgan fingerprint density at radius 2 is 1.79 bits per heavy atom. The predicted octanol–water partition coefficient (Wildman–Crippen LogP) is 4.15. The highest BCUT2D eigenvalue weighted by atomic mass is 15.3. The molecular formula is C21H27N3. The molecule has 3 nitrogen and oxygen atoms in total. The molecule has 1 aromatic heterocycles. The van der Waals surface area contributed by atoms with Gasteiger partial charge in [0, 0.05) is 28.9 Å². The van der Waals surface area contributed by atoms with Crippen LogP contribution in [-0.4, -0.2) is 35.1 Å². The second kappa shape index (κ2) is 5.73. The third-order valence-corrected chi connectivity index (χ3v) is 6.57. The molecule has 0 saturated carbocycles. The molecule has 1 aliphatic carbocycles. The lowest BCUT2D eigenvalue weighted by atomic mass is 9.91. The fraction of sp³-hybridized carbons (Fsp3) is 0.571. The average molecular weight is 321 g/mol. The molecule has 2 aromatic rings. The van der Waals surface area contributed by atoms with Gasteiger partial charge in [0.25, 0.3) is 0 Å². The molecule has 2 aliphatic heterocycles. The normalized spacial score (nSPS) is 22.5. The lowest BCUT2D eigenvalue weighted by molar-refractivity contribution is 0.209. The van der Waals surface area contributed by atoms with Crippen LogP contribution in [-0.2, 0) is 12.8 Å². The van der Waals surface area contributed by atoms with Crippen LogP contribution in [0.1, 0.15) is 49.8 Å². The Morgan fingerprint density at radius 3 is 2.67 bits per heavy atom. The van der Waals surface area contributed by atoms with E-state index < -0.39 is 0 Å². The third-order valence-electron chi connectivity index (χ3n) is 6.57. The number of benzene rings is 1. The number of aryl methyl sites for hydroxylation is 1. The maximum Gasteiger partial charge on any atom is 0.0726 e. The van der Waals surface area contributed by atoms with Crippen LogP contribution in [0.5, 0.6) is 0 Å². The average Bonchev–Trinajstić information content (AvgIpc) is 3.18. The Balaban J connectivity index is 1.53. The summed E-state index contributed by atoms with van der Waals surface area (Å²) in [6.45, 7) is 3.71. The van der Waals surface area contributed by atoms with E-state index in [1.165, 1.54) is 80.4 Å². The topological polar surface area (TPSA) is 28.2 Å². The minimum absolute atomic E-state index is 0.423. The molecule has 2 fully saturated rings. The molecule has 0 bridgehead atoms. The number of hydrogen-bond acceptors (Lipinski definition) is 3. The molecule has 0 radical (unpaired) electrons. The standard InChI is InChI=1S/C21H27N3/c1-3-9-18-16(7-1)20(17-8-2-4-10-19(17)23-18)22-15-21-11-5-13-24(21)14-6-12-21/h1,3,7,9H,2,4-6,8,10-15H2,(H,22,23). The Morgan fingerprint density at radius 1 is 1.00 bits per heavy atom. The van der Waals surface area contributed by atoms with Crippen LogP contribution in [0.3, 0.4) is 0 Å². The SMILES string of the molecule is c1ccc2c(NCC34CCCN3CCC4)c3c(nc2c1)CCCC3. The van der Waals surface area contributed by atoms with Gasteiger partial charge in [-0.15, -0.1) is 0 Å². The van der Waals surface area contributed by atoms with Crippen LogP contribution in [0.25, 0.3) is 10.9 Å². The maximum absolute atomic E-state index is 4.97. The maximum atomic E-state index is 4.97. The van der Waals surface area contributed by atoms with Crippen molar-refractivity contribution in [2.75, 3.05) is 25.0 Å². The predicted molar refractivity (Wildman–Crippen MR) is 99.6 cm³/mol. The van der Waals surface area contributed by atoms with Gasteiger partial charge in [0.1, 0.15) is 0 Å². The number of para-hydroxylation sites is 1. The van der Waals surface area contributed by atoms with E-state index in [4.69, 9.17) is 4.98 Å². The lowest BCUT2D eigenvalue weighted by Gasteiger charge is -2.33. The van der Waals surface area contributed by atoms with Crippen molar-refractivity contribution in [2.45, 2.75) is 56.9 Å². The molecule has 3 heterocycles. The summed E-state index contributed by atoms with van der Waals surface area (Å²) < 4.78 is 0. The van der Waals surface area contributed by atoms with Crippen LogP contribution >= 0.6 is 0 Å². The first kappa shape index (κ1) is 14.7. The number of nitrogens with zero attached hydrogens (tertiary/aromatic N) is 2. The van der Waals surface area contributed by atoms with Crippen molar-refractivity contribution in [3.63, 3.8) is 0 Å². The van der Waals surface area contributed by atoms with E-state index in [1.807, 2.05) is 0 Å². The summed E-state index contributed by atoms with van der Waals surface area (Å²) in [5.74, 6) is 0. The molecule has 2 saturated heterocycles. The van der Waals surface area contributed by atoms with Crippen molar-refractivity contribution in [3.8, 4) is 0 Å². The summed E-state index contributed by atoms with van der Waals surface area (Å²) in [7, 11) is 0. The number of rotatable bonds is 3. The quantitative estimate of drug-likeness (QED) is 0.920. The minimum Gasteiger partial charge on any atom is -0.382 e. The number of pyridine rings is 1. The smallest absolute Gasteiger partial charge is 0.0726 e. The van der Waals surface area contributed by atoms with Gasteiger partial charge in [-0.05, 0) is 76.1 Å². The van der Waals surface area contributed by atoms with Crippen LogP contribution in [0.2, 0.25) is 0 Å². The van der Waals surface area contributed by atoms with Crippen molar-refractivity contribution >= 4 is 16.6 Å². The Bertz CT molecular complexity index is 757. The number of fused-ring (bicyclic) bond motifs is 3. The van der Waals surface area contributed by atoms with Crippen LogP contribution in [0.4, 0.5) is 5.69 Å². The summed E-state index contributed by atoms with van der Waals surface area (Å²) in [5.41, 5.74) is 5.82. The first-order valence-corrected chi connectivity index (χ1v) is 9.75. The van der Waals surface area contributed by atoms with E-state index in [0.29, 0.717) is 5.54 Å². The second-order valence-corrected chi connectivity index (χ2v) is 7.91. The molecule has 1 N–H and O–H groups in total. The first-order valence-electron chi connectivity index (χ1n) is 9.75. The van der Waals surface area contributed by atoms with Gasteiger partial charge in [0.2, 0.25) is 0 Å². The monoisotopic (exact) mass is 321 g/mol. The molecule has 24 heavy (non-hydrogen) atoms. The Kier molecular flexibility index (Phi) is 3.51. The van der Waals surface area contributed by atoms with E-state index in [-0.39, 0.29) is 0 Å². The van der Waals surface area contributed by atoms with Crippen LogP contribution in [0.15, 0.2) is 24.3 Å². The fourth-order valence-corrected chi connectivity index (χ4v) is 5.34. The highest BCUT2D eigenvalue weighted by Gasteiger charge is 2.44. The van der Waals surface area contributed by atoms with Crippen molar-refractivity contribution < 1.29 is 0 Å². The van der Waals surface area contributed by atoms with E-state index in [9.17, 15) is 0 Å². The first-order chi connectivity index (χ1) is 11.9. The van der Waals surface area contributed by atoms with Crippen molar-refractivity contribution in [3.05, 3.63) is 35.5 Å². The Hall–Kier alpha value is -1.61. The summed E-state index contributed by atoms with van der Waals surface area (Å²) in [6.07, 6.45) is 10.4. The minimum atomic E-state index is 0.423. The van der Waals surface area contributed by atoms with Gasteiger partial charge < -0.3 is 5.32 Å². The molecule has 3 heteroatoms. The zero-order valence-corrected chi connectivity index (χ0v) is 14.5. The van der Waals surface area contributed by atoms with E-state index >= 15 is 0 Å². The highest BCUT2D eigenvalue weighted by molar-refractivity contribution is 5.93. The van der Waals surface area contributed by atoms with Crippen molar-refractivity contribution in [2.24, 2.45) is 0 Å². The molecule has 1 aromatic carbocycles. The number of nitrogens with one attached hydrogen (secondary N) is 1. The molecule has 126 valence electrons. The molecule has 5 rings (SSSR count). The van der Waals surface area contributed by atoms with Gasteiger partial charge >= 0.3 is 0 Å². The largest absolute Gasteiger partial charge is 0.382 e. The fourth-order valence-electron chi connectivity index (χ4n) is 5.34. The van der Waals surface area contributed by atoms with Gasteiger partial charge in [0.15, 0.2) is 0 Å². The molecule has 0 amide bonds. The van der Waals surface area contributed by atoms with E-state index in [2.05, 4.69) is 34.5 Å². The summed E-state index contributed by atoms with van der Waals surface area (Å²) in [4.78, 5) is 7.72. The molecule has 0 unspecified atom stereocenters. The van der Waals surface area contributed by atoms with E-state index in [0.717, 1.165) is 18.5 Å². The molecular weight excluding hydrogens is 294 g/mol. The molecule has 3 aliphatic rings. The van der Waals surface area contributed by atoms with Crippen LogP contribution < -0.4 is 5.32 Å². The van der Waals surface area contributed by atoms with Gasteiger partial charge in [-0.2, -0.15) is 0 Å². The zero-order chi connectivity index (χ0) is 16.0. The lowest BCUT2D eigenvalue weighted by Crippen LogP contribution is -2.44. The van der Waals surface area contributed by atoms with Gasteiger partial charge in [0.05, 0.1) is 5.52 Å². The number of aromatic nitrogens is 1. The Labute approximate surface area is 144 Å². The second-order valence-electron chi connectivity index (χ2n) is 7.91.